The van der Waals surface area contributed by atoms with E-state index in [0.29, 0.717) is 6.54 Å². The van der Waals surface area contributed by atoms with Gasteiger partial charge >= 0.3 is 0 Å². The predicted octanol–water partition coefficient (Wildman–Crippen LogP) is 2.57. The van der Waals surface area contributed by atoms with E-state index in [2.05, 4.69) is 10.3 Å². The molecule has 1 aliphatic carbocycles. The van der Waals surface area contributed by atoms with Gasteiger partial charge in [-0.15, -0.1) is 36.2 Å². The third kappa shape index (κ3) is 4.91. The largest absolute Gasteiger partial charge is 0.348 e. The first-order chi connectivity index (χ1) is 8.10. The number of hydrogen-bond donors (Lipinski definition) is 2. The summed E-state index contributed by atoms with van der Waals surface area (Å²) in [7, 11) is 0. The number of nitrogens with one attached hydrogen (secondary N) is 1. The summed E-state index contributed by atoms with van der Waals surface area (Å²) in [6.07, 6.45) is 4.91. The van der Waals surface area contributed by atoms with Crippen LogP contribution in [-0.4, -0.2) is 16.4 Å². The molecule has 1 heterocycles. The Bertz CT molecular complexity index is 405. The van der Waals surface area contributed by atoms with Crippen molar-refractivity contribution >= 4 is 42.1 Å². The summed E-state index contributed by atoms with van der Waals surface area (Å²) in [4.78, 5) is 16.4. The molecule has 0 atom stereocenters. The zero-order valence-corrected chi connectivity index (χ0v) is 13.4. The van der Waals surface area contributed by atoms with Gasteiger partial charge in [-0.2, -0.15) is 0 Å². The van der Waals surface area contributed by atoms with Crippen LogP contribution in [0.15, 0.2) is 5.38 Å². The smallest absolute Gasteiger partial charge is 0.240 e. The third-order valence-electron chi connectivity index (χ3n) is 3.26. The summed E-state index contributed by atoms with van der Waals surface area (Å²) in [6, 6.07) is 0. The number of halogens is 2. The minimum Gasteiger partial charge on any atom is -0.348 e. The van der Waals surface area contributed by atoms with E-state index in [1.54, 1.807) is 11.3 Å². The molecule has 7 heteroatoms. The van der Waals surface area contributed by atoms with Gasteiger partial charge in [0.15, 0.2) is 0 Å². The van der Waals surface area contributed by atoms with Crippen molar-refractivity contribution in [3.05, 3.63) is 16.1 Å². The second-order valence-electron chi connectivity index (χ2n) is 4.78. The fourth-order valence-corrected chi connectivity index (χ4v) is 2.94. The number of rotatable bonds is 3. The van der Waals surface area contributed by atoms with Gasteiger partial charge in [0.1, 0.15) is 5.01 Å². The minimum atomic E-state index is -0.648. The van der Waals surface area contributed by atoms with Gasteiger partial charge in [-0.25, -0.2) is 4.98 Å². The number of thiazole rings is 1. The summed E-state index contributed by atoms with van der Waals surface area (Å²) in [5.41, 5.74) is 6.49. The molecule has 1 aliphatic rings. The molecule has 0 radical (unpaired) electrons. The Kier molecular flexibility index (Phi) is 7.89. The molecule has 0 spiro atoms. The van der Waals surface area contributed by atoms with Crippen LogP contribution in [-0.2, 0) is 11.3 Å². The Morgan fingerprint density at radius 1 is 1.42 bits per heavy atom. The average molecular weight is 326 g/mol. The highest BCUT2D eigenvalue weighted by molar-refractivity contribution is 7.09. The molecule has 110 valence electrons. The fraction of sp³-hybridized carbons (Fsp3) is 0.667. The molecule has 0 aliphatic heterocycles. The minimum absolute atomic E-state index is 0. The molecular weight excluding hydrogens is 305 g/mol. The summed E-state index contributed by atoms with van der Waals surface area (Å²) in [6.45, 7) is 2.45. The van der Waals surface area contributed by atoms with E-state index in [0.717, 1.165) is 36.4 Å². The van der Waals surface area contributed by atoms with Gasteiger partial charge in [0.05, 0.1) is 12.1 Å². The lowest BCUT2D eigenvalue weighted by Crippen LogP contribution is -2.54. The summed E-state index contributed by atoms with van der Waals surface area (Å²) < 4.78 is 0. The van der Waals surface area contributed by atoms with Crippen molar-refractivity contribution in [2.24, 2.45) is 5.73 Å². The standard InChI is InChI=1S/C12H19N3OS.2ClH/c1-9-8-17-10(15-9)7-14-11(16)12(13)5-3-2-4-6-12;;/h8H,2-7,13H2,1H3,(H,14,16);2*1H. The molecule has 1 amide bonds. The first kappa shape index (κ1) is 18.6. The highest BCUT2D eigenvalue weighted by Crippen LogP contribution is 2.26. The average Bonchev–Trinajstić information content (AvgIpc) is 2.73. The lowest BCUT2D eigenvalue weighted by Gasteiger charge is -2.31. The highest BCUT2D eigenvalue weighted by Gasteiger charge is 2.34. The third-order valence-corrected chi connectivity index (χ3v) is 4.23. The van der Waals surface area contributed by atoms with E-state index >= 15 is 0 Å². The molecule has 1 fully saturated rings. The van der Waals surface area contributed by atoms with Crippen LogP contribution in [0.2, 0.25) is 0 Å². The Morgan fingerprint density at radius 3 is 2.58 bits per heavy atom. The number of nitrogens with two attached hydrogens (primary N) is 1. The molecule has 19 heavy (non-hydrogen) atoms. The molecule has 1 saturated carbocycles. The Morgan fingerprint density at radius 2 is 2.05 bits per heavy atom. The molecule has 1 aromatic heterocycles. The van der Waals surface area contributed by atoms with Crippen LogP contribution in [0.4, 0.5) is 0 Å². The normalized spacial score (nSPS) is 16.9. The van der Waals surface area contributed by atoms with E-state index in [9.17, 15) is 4.79 Å². The van der Waals surface area contributed by atoms with Crippen LogP contribution in [0.25, 0.3) is 0 Å². The SMILES string of the molecule is Cc1csc(CNC(=O)C2(N)CCCCC2)n1.Cl.Cl. The lowest BCUT2D eigenvalue weighted by molar-refractivity contribution is -0.127. The summed E-state index contributed by atoms with van der Waals surface area (Å²) >= 11 is 1.57. The quantitative estimate of drug-likeness (QED) is 0.897. The van der Waals surface area contributed by atoms with Crippen molar-refractivity contribution in [2.75, 3.05) is 0 Å². The van der Waals surface area contributed by atoms with Crippen LogP contribution in [0.3, 0.4) is 0 Å². The monoisotopic (exact) mass is 325 g/mol. The second-order valence-corrected chi connectivity index (χ2v) is 5.72. The maximum absolute atomic E-state index is 12.0. The molecule has 0 bridgehead atoms. The van der Waals surface area contributed by atoms with Crippen LogP contribution in [0.5, 0.6) is 0 Å². The number of carbonyl (C=O) groups excluding carboxylic acids is 1. The number of amides is 1. The molecule has 3 N–H and O–H groups in total. The second kappa shape index (κ2) is 8.04. The van der Waals surface area contributed by atoms with Gasteiger partial charge in [-0.05, 0) is 19.8 Å². The number of hydrogen-bond acceptors (Lipinski definition) is 4. The molecule has 0 aromatic carbocycles. The van der Waals surface area contributed by atoms with Crippen molar-refractivity contribution < 1.29 is 4.79 Å². The van der Waals surface area contributed by atoms with Gasteiger partial charge in [0.25, 0.3) is 0 Å². The Balaban J connectivity index is 0.00000162. The van der Waals surface area contributed by atoms with Gasteiger partial charge in [0, 0.05) is 11.1 Å². The number of aryl methyl sites for hydroxylation is 1. The Hall–Kier alpha value is -0.360. The number of aromatic nitrogens is 1. The lowest BCUT2D eigenvalue weighted by atomic mass is 9.82. The van der Waals surface area contributed by atoms with Gasteiger partial charge in [-0.3, -0.25) is 4.79 Å². The summed E-state index contributed by atoms with van der Waals surface area (Å²) in [5, 5.41) is 5.83. The summed E-state index contributed by atoms with van der Waals surface area (Å²) in [5.74, 6) is -0.0231. The maximum Gasteiger partial charge on any atom is 0.240 e. The number of nitrogens with zero attached hydrogens (tertiary/aromatic N) is 1. The van der Waals surface area contributed by atoms with Crippen molar-refractivity contribution in [3.8, 4) is 0 Å². The zero-order valence-electron chi connectivity index (χ0n) is 11.0. The van der Waals surface area contributed by atoms with E-state index < -0.39 is 5.54 Å². The van der Waals surface area contributed by atoms with E-state index in [1.807, 2.05) is 12.3 Å². The van der Waals surface area contributed by atoms with Crippen LogP contribution in [0.1, 0.15) is 42.8 Å². The van der Waals surface area contributed by atoms with Crippen molar-refractivity contribution in [1.29, 1.82) is 0 Å². The first-order valence-corrected chi connectivity index (χ1v) is 6.96. The predicted molar refractivity (Wildman–Crippen MR) is 83.2 cm³/mol. The van der Waals surface area contributed by atoms with Gasteiger partial charge in [0.2, 0.25) is 5.91 Å². The van der Waals surface area contributed by atoms with Crippen molar-refractivity contribution in [2.45, 2.75) is 51.1 Å². The van der Waals surface area contributed by atoms with E-state index in [-0.39, 0.29) is 30.7 Å². The molecular formula is C12H21Cl2N3OS. The van der Waals surface area contributed by atoms with Gasteiger partial charge < -0.3 is 11.1 Å². The van der Waals surface area contributed by atoms with E-state index in [1.165, 1.54) is 6.42 Å². The van der Waals surface area contributed by atoms with Crippen molar-refractivity contribution in [1.82, 2.24) is 10.3 Å². The van der Waals surface area contributed by atoms with Crippen molar-refractivity contribution in [3.63, 3.8) is 0 Å². The Labute approximate surface area is 130 Å². The highest BCUT2D eigenvalue weighted by atomic mass is 35.5. The molecule has 1 aromatic rings. The van der Waals surface area contributed by atoms with Crippen LogP contribution < -0.4 is 11.1 Å². The first-order valence-electron chi connectivity index (χ1n) is 6.08. The molecule has 4 nitrogen and oxygen atoms in total. The van der Waals surface area contributed by atoms with Crippen LogP contribution >= 0.6 is 36.2 Å². The number of carbonyl (C=O) groups is 1. The fourth-order valence-electron chi connectivity index (χ4n) is 2.23. The van der Waals surface area contributed by atoms with Crippen LogP contribution in [0, 0.1) is 6.92 Å². The zero-order chi connectivity index (χ0) is 12.3. The molecule has 0 saturated heterocycles. The molecule has 0 unspecified atom stereocenters. The van der Waals surface area contributed by atoms with E-state index in [4.69, 9.17) is 5.73 Å². The molecule has 2 rings (SSSR count). The van der Waals surface area contributed by atoms with Gasteiger partial charge in [-0.1, -0.05) is 19.3 Å². The maximum atomic E-state index is 12.0. The topological polar surface area (TPSA) is 68.0 Å².